The first kappa shape index (κ1) is 12.9. The Morgan fingerprint density at radius 3 is 2.82 bits per heavy atom. The van der Waals surface area contributed by atoms with E-state index in [9.17, 15) is 4.79 Å². The van der Waals surface area contributed by atoms with E-state index >= 15 is 0 Å². The molecular formula is C11H7Cl2NOS2. The molecule has 88 valence electrons. The number of rotatable bonds is 3. The van der Waals surface area contributed by atoms with Crippen LogP contribution in [0, 0.1) is 0 Å². The summed E-state index contributed by atoms with van der Waals surface area (Å²) >= 11 is 14.7. The lowest BCUT2D eigenvalue weighted by Gasteiger charge is -2.02. The normalized spacial score (nSPS) is 10.5. The smallest absolute Gasteiger partial charge is 0.171 e. The zero-order valence-corrected chi connectivity index (χ0v) is 11.9. The van der Waals surface area contributed by atoms with E-state index in [4.69, 9.17) is 23.2 Å². The van der Waals surface area contributed by atoms with E-state index in [1.54, 1.807) is 12.3 Å². The molecule has 1 heterocycles. The number of carbonyl (C=O) groups excluding carboxylic acids is 1. The van der Waals surface area contributed by atoms with Crippen molar-refractivity contribution in [3.05, 3.63) is 39.3 Å². The Morgan fingerprint density at radius 2 is 2.18 bits per heavy atom. The van der Waals surface area contributed by atoms with Crippen LogP contribution in [0.2, 0.25) is 10.0 Å². The fraction of sp³-hybridized carbons (Fsp3) is 0.0909. The molecule has 1 aromatic heterocycles. The van der Waals surface area contributed by atoms with Crippen molar-refractivity contribution in [2.75, 3.05) is 0 Å². The number of halogens is 2. The number of nitrogens with zero attached hydrogens (tertiary/aromatic N) is 1. The molecule has 0 unspecified atom stereocenters. The maximum atomic E-state index is 11.1. The molecule has 0 aliphatic rings. The van der Waals surface area contributed by atoms with Crippen molar-refractivity contribution in [3.63, 3.8) is 0 Å². The average molecular weight is 304 g/mol. The standard InChI is InChI=1S/C11H7Cl2NOS2/c1-6(15)9-5-14-11(17-9)16-8-4-2-3-7(12)10(8)13/h2-5H,1H3. The topological polar surface area (TPSA) is 30.0 Å². The van der Waals surface area contributed by atoms with Crippen LogP contribution >= 0.6 is 46.3 Å². The van der Waals surface area contributed by atoms with Crippen molar-refractivity contribution >= 4 is 52.1 Å². The highest BCUT2D eigenvalue weighted by atomic mass is 35.5. The van der Waals surface area contributed by atoms with E-state index in [2.05, 4.69) is 4.98 Å². The van der Waals surface area contributed by atoms with Crippen molar-refractivity contribution in [2.45, 2.75) is 16.2 Å². The second-order valence-corrected chi connectivity index (χ2v) is 6.31. The second kappa shape index (κ2) is 5.40. The molecule has 0 saturated carbocycles. The minimum absolute atomic E-state index is 0.0199. The molecule has 0 aliphatic carbocycles. The van der Waals surface area contributed by atoms with Gasteiger partial charge in [0.2, 0.25) is 0 Å². The summed E-state index contributed by atoms with van der Waals surface area (Å²) in [4.78, 5) is 16.8. The summed E-state index contributed by atoms with van der Waals surface area (Å²) in [6.07, 6.45) is 1.58. The Hall–Kier alpha value is -0.550. The average Bonchev–Trinajstić information content (AvgIpc) is 2.73. The first-order valence-corrected chi connectivity index (χ1v) is 7.05. The predicted molar refractivity (Wildman–Crippen MR) is 72.7 cm³/mol. The number of aromatic nitrogens is 1. The molecule has 17 heavy (non-hydrogen) atoms. The monoisotopic (exact) mass is 303 g/mol. The quantitative estimate of drug-likeness (QED) is 0.763. The summed E-state index contributed by atoms with van der Waals surface area (Å²) in [7, 11) is 0. The summed E-state index contributed by atoms with van der Waals surface area (Å²) in [5, 5.41) is 1.03. The Bertz CT molecular complexity index is 568. The van der Waals surface area contributed by atoms with Gasteiger partial charge in [0, 0.05) is 11.8 Å². The summed E-state index contributed by atoms with van der Waals surface area (Å²) in [6.45, 7) is 1.52. The van der Waals surface area contributed by atoms with Crippen LogP contribution in [0.15, 0.2) is 33.6 Å². The van der Waals surface area contributed by atoms with Crippen LogP contribution in [0.4, 0.5) is 0 Å². The van der Waals surface area contributed by atoms with Crippen LogP contribution in [0.3, 0.4) is 0 Å². The SMILES string of the molecule is CC(=O)c1cnc(Sc2cccc(Cl)c2Cl)s1. The fourth-order valence-corrected chi connectivity index (χ4v) is 3.48. The van der Waals surface area contributed by atoms with Gasteiger partial charge in [-0.2, -0.15) is 0 Å². The van der Waals surface area contributed by atoms with Gasteiger partial charge in [0.1, 0.15) is 0 Å². The van der Waals surface area contributed by atoms with Crippen LogP contribution in [0.1, 0.15) is 16.6 Å². The number of benzene rings is 1. The van der Waals surface area contributed by atoms with Gasteiger partial charge in [0.05, 0.1) is 21.1 Å². The molecule has 0 N–H and O–H groups in total. The van der Waals surface area contributed by atoms with Gasteiger partial charge in [-0.3, -0.25) is 4.79 Å². The number of carbonyl (C=O) groups is 1. The summed E-state index contributed by atoms with van der Waals surface area (Å²) in [5.41, 5.74) is 0. The molecule has 0 amide bonds. The fourth-order valence-electron chi connectivity index (χ4n) is 1.12. The zero-order valence-electron chi connectivity index (χ0n) is 8.74. The van der Waals surface area contributed by atoms with Gasteiger partial charge in [-0.25, -0.2) is 4.98 Å². The molecule has 0 saturated heterocycles. The van der Waals surface area contributed by atoms with Gasteiger partial charge in [-0.1, -0.05) is 41.0 Å². The number of Topliss-reactive ketones (excluding diaryl/α,β-unsaturated/α-hetero) is 1. The molecule has 0 radical (unpaired) electrons. The molecule has 2 aromatic rings. The number of hydrogen-bond donors (Lipinski definition) is 0. The van der Waals surface area contributed by atoms with Crippen LogP contribution < -0.4 is 0 Å². The van der Waals surface area contributed by atoms with E-state index in [-0.39, 0.29) is 5.78 Å². The largest absolute Gasteiger partial charge is 0.294 e. The molecule has 6 heteroatoms. The predicted octanol–water partition coefficient (Wildman–Crippen LogP) is 4.80. The van der Waals surface area contributed by atoms with Gasteiger partial charge >= 0.3 is 0 Å². The minimum atomic E-state index is 0.0199. The van der Waals surface area contributed by atoms with Crippen molar-refractivity contribution < 1.29 is 4.79 Å². The minimum Gasteiger partial charge on any atom is -0.294 e. The molecule has 2 rings (SSSR count). The van der Waals surface area contributed by atoms with Crippen LogP contribution in [-0.4, -0.2) is 10.8 Å². The van der Waals surface area contributed by atoms with Crippen molar-refractivity contribution in [3.8, 4) is 0 Å². The lowest BCUT2D eigenvalue weighted by atomic mass is 10.4. The van der Waals surface area contributed by atoms with Gasteiger partial charge in [-0.05, 0) is 12.1 Å². The molecule has 0 fully saturated rings. The number of hydrogen-bond acceptors (Lipinski definition) is 4. The molecule has 0 spiro atoms. The number of ketones is 1. The van der Waals surface area contributed by atoms with Gasteiger partial charge in [-0.15, -0.1) is 11.3 Å². The van der Waals surface area contributed by atoms with E-state index < -0.39 is 0 Å². The molecule has 0 atom stereocenters. The van der Waals surface area contributed by atoms with Gasteiger partial charge in [0.25, 0.3) is 0 Å². The highest BCUT2D eigenvalue weighted by Gasteiger charge is 2.10. The Kier molecular flexibility index (Phi) is 4.09. The van der Waals surface area contributed by atoms with Crippen LogP contribution in [0.25, 0.3) is 0 Å². The lowest BCUT2D eigenvalue weighted by molar-refractivity contribution is 0.102. The highest BCUT2D eigenvalue weighted by Crippen LogP contribution is 2.38. The third-order valence-corrected chi connectivity index (χ3v) is 5.11. The van der Waals surface area contributed by atoms with Gasteiger partial charge in [0.15, 0.2) is 10.1 Å². The van der Waals surface area contributed by atoms with E-state index in [1.165, 1.54) is 30.0 Å². The third-order valence-electron chi connectivity index (χ3n) is 1.94. The first-order chi connectivity index (χ1) is 8.08. The molecular weight excluding hydrogens is 297 g/mol. The van der Waals surface area contributed by atoms with Crippen LogP contribution in [0.5, 0.6) is 0 Å². The maximum absolute atomic E-state index is 11.1. The zero-order chi connectivity index (χ0) is 12.4. The number of thiazole rings is 1. The van der Waals surface area contributed by atoms with Crippen molar-refractivity contribution in [1.82, 2.24) is 4.98 Å². The lowest BCUT2D eigenvalue weighted by Crippen LogP contribution is -1.83. The second-order valence-electron chi connectivity index (χ2n) is 3.20. The Morgan fingerprint density at radius 1 is 1.41 bits per heavy atom. The van der Waals surface area contributed by atoms with Crippen molar-refractivity contribution in [1.29, 1.82) is 0 Å². The summed E-state index contributed by atoms with van der Waals surface area (Å²) in [6, 6.07) is 5.43. The van der Waals surface area contributed by atoms with E-state index in [0.717, 1.165) is 9.24 Å². The molecule has 1 aromatic carbocycles. The molecule has 0 aliphatic heterocycles. The maximum Gasteiger partial charge on any atom is 0.171 e. The van der Waals surface area contributed by atoms with Crippen LogP contribution in [-0.2, 0) is 0 Å². The molecule has 2 nitrogen and oxygen atoms in total. The van der Waals surface area contributed by atoms with E-state index in [1.807, 2.05) is 12.1 Å². The summed E-state index contributed by atoms with van der Waals surface area (Å²) < 4.78 is 0.777. The summed E-state index contributed by atoms with van der Waals surface area (Å²) in [5.74, 6) is 0.0199. The molecule has 0 bridgehead atoms. The first-order valence-electron chi connectivity index (χ1n) is 4.66. The Labute approximate surface area is 117 Å². The Balaban J connectivity index is 2.25. The third kappa shape index (κ3) is 3.01. The van der Waals surface area contributed by atoms with E-state index in [0.29, 0.717) is 14.9 Å². The highest BCUT2D eigenvalue weighted by molar-refractivity contribution is 8.01. The van der Waals surface area contributed by atoms with Gasteiger partial charge < -0.3 is 0 Å². The van der Waals surface area contributed by atoms with Crippen molar-refractivity contribution in [2.24, 2.45) is 0 Å².